The number of rotatable bonds is 2. The Balaban J connectivity index is 1.93. The van der Waals surface area contributed by atoms with E-state index in [4.69, 9.17) is 0 Å². The number of nitrogens with zero attached hydrogens (tertiary/aromatic N) is 1. The van der Waals surface area contributed by atoms with Crippen molar-refractivity contribution >= 4 is 0 Å². The molecule has 0 bridgehead atoms. The van der Waals surface area contributed by atoms with Crippen LogP contribution in [0.25, 0.3) is 0 Å². The lowest BCUT2D eigenvalue weighted by Crippen LogP contribution is -1.96. The third-order valence-electron chi connectivity index (χ3n) is 3.05. The highest BCUT2D eigenvalue weighted by Gasteiger charge is 2.12. The van der Waals surface area contributed by atoms with Gasteiger partial charge in [-0.15, -0.1) is 0 Å². The average Bonchev–Trinajstić information content (AvgIpc) is 3.03. The van der Waals surface area contributed by atoms with Gasteiger partial charge in [0.15, 0.2) is 0 Å². The van der Waals surface area contributed by atoms with Crippen LogP contribution < -0.4 is 0 Å². The second-order valence-corrected chi connectivity index (χ2v) is 4.14. The molecule has 0 aromatic carbocycles. The molecule has 1 heteroatoms. The highest BCUT2D eigenvalue weighted by atomic mass is 14.6. The molecule has 0 spiro atoms. The van der Waals surface area contributed by atoms with Gasteiger partial charge in [0.1, 0.15) is 0 Å². The number of aromatic nitrogens is 1. The molecule has 0 saturated carbocycles. The van der Waals surface area contributed by atoms with Crippen LogP contribution in [0, 0.1) is 0 Å². The molecule has 1 heterocycles. The molecule has 16 heavy (non-hydrogen) atoms. The van der Waals surface area contributed by atoms with Crippen molar-refractivity contribution in [2.75, 3.05) is 0 Å². The maximum atomic E-state index is 4.34. The molecule has 0 unspecified atom stereocenters. The molecular formula is C15H13N. The van der Waals surface area contributed by atoms with E-state index in [1.165, 1.54) is 11.1 Å². The molecule has 78 valence electrons. The number of allylic oxidation sites excluding steroid dienone is 8. The molecule has 2 aliphatic rings. The average molecular weight is 207 g/mol. The summed E-state index contributed by atoms with van der Waals surface area (Å²) < 4.78 is 0. The summed E-state index contributed by atoms with van der Waals surface area (Å²) in [6.07, 6.45) is 21.1. The van der Waals surface area contributed by atoms with Crippen molar-refractivity contribution in [1.82, 2.24) is 4.98 Å². The Kier molecular flexibility index (Phi) is 2.30. The first kappa shape index (κ1) is 9.34. The zero-order valence-electron chi connectivity index (χ0n) is 8.95. The van der Waals surface area contributed by atoms with Gasteiger partial charge >= 0.3 is 0 Å². The maximum Gasteiger partial charge on any atom is 0.0309 e. The van der Waals surface area contributed by atoms with Crippen molar-refractivity contribution in [3.05, 3.63) is 78.2 Å². The summed E-state index contributed by atoms with van der Waals surface area (Å²) in [6, 6.07) is 2.25. The molecular weight excluding hydrogens is 194 g/mol. The topological polar surface area (TPSA) is 12.9 Å². The number of hydrogen-bond acceptors (Lipinski definition) is 1. The first-order chi connectivity index (χ1) is 7.93. The fourth-order valence-corrected chi connectivity index (χ4v) is 2.15. The van der Waals surface area contributed by atoms with Gasteiger partial charge in [-0.3, -0.25) is 4.98 Å². The van der Waals surface area contributed by atoms with Crippen LogP contribution in [-0.4, -0.2) is 4.98 Å². The molecule has 0 atom stereocenters. The molecule has 2 aliphatic carbocycles. The Hall–Kier alpha value is -1.89. The zero-order valence-corrected chi connectivity index (χ0v) is 8.95. The van der Waals surface area contributed by atoms with Crippen molar-refractivity contribution in [2.45, 2.75) is 11.8 Å². The van der Waals surface area contributed by atoms with Gasteiger partial charge in [0, 0.05) is 24.2 Å². The van der Waals surface area contributed by atoms with Crippen LogP contribution in [0.5, 0.6) is 0 Å². The van der Waals surface area contributed by atoms with Crippen molar-refractivity contribution in [1.29, 1.82) is 0 Å². The van der Waals surface area contributed by atoms with Gasteiger partial charge in [0.2, 0.25) is 0 Å². The van der Waals surface area contributed by atoms with Gasteiger partial charge in [-0.05, 0) is 11.1 Å². The lowest BCUT2D eigenvalue weighted by molar-refractivity contribution is 1.01. The van der Waals surface area contributed by atoms with Crippen LogP contribution in [0.4, 0.5) is 0 Å². The van der Waals surface area contributed by atoms with E-state index >= 15 is 0 Å². The first-order valence-electron chi connectivity index (χ1n) is 5.58. The predicted molar refractivity (Wildman–Crippen MR) is 66.3 cm³/mol. The Morgan fingerprint density at radius 2 is 1.12 bits per heavy atom. The first-order valence-corrected chi connectivity index (χ1v) is 5.58. The molecule has 0 fully saturated rings. The van der Waals surface area contributed by atoms with Crippen LogP contribution in [0.15, 0.2) is 67.1 Å². The van der Waals surface area contributed by atoms with Crippen LogP contribution in [-0.2, 0) is 0 Å². The smallest absolute Gasteiger partial charge is 0.0309 e. The standard InChI is InChI=1S/C15H13N/c1-2-6-12(5-1)14-9-15(11-16-10-14)13-7-3-4-8-13/h1-13H. The summed E-state index contributed by atoms with van der Waals surface area (Å²) >= 11 is 0. The van der Waals surface area contributed by atoms with E-state index in [1.54, 1.807) is 0 Å². The molecule has 3 rings (SSSR count). The van der Waals surface area contributed by atoms with Gasteiger partial charge in [0.25, 0.3) is 0 Å². The Morgan fingerprint density at radius 1 is 0.688 bits per heavy atom. The molecule has 1 aromatic heterocycles. The quantitative estimate of drug-likeness (QED) is 0.723. The van der Waals surface area contributed by atoms with Crippen LogP contribution in [0.2, 0.25) is 0 Å². The summed E-state index contributed by atoms with van der Waals surface area (Å²) in [5, 5.41) is 0. The minimum absolute atomic E-state index is 0.404. The van der Waals surface area contributed by atoms with Crippen LogP contribution in [0.3, 0.4) is 0 Å². The van der Waals surface area contributed by atoms with Crippen LogP contribution >= 0.6 is 0 Å². The van der Waals surface area contributed by atoms with Crippen molar-refractivity contribution in [2.24, 2.45) is 0 Å². The fourth-order valence-electron chi connectivity index (χ4n) is 2.15. The molecule has 0 saturated heterocycles. The van der Waals surface area contributed by atoms with E-state index in [1.807, 2.05) is 12.4 Å². The third kappa shape index (κ3) is 1.65. The lowest BCUT2D eigenvalue weighted by atomic mass is 9.96. The summed E-state index contributed by atoms with van der Waals surface area (Å²) in [5.41, 5.74) is 2.55. The van der Waals surface area contributed by atoms with Gasteiger partial charge in [-0.1, -0.05) is 54.7 Å². The molecule has 0 N–H and O–H groups in total. The Bertz CT molecular complexity index is 439. The lowest BCUT2D eigenvalue weighted by Gasteiger charge is -2.10. The van der Waals surface area contributed by atoms with E-state index < -0.39 is 0 Å². The summed E-state index contributed by atoms with van der Waals surface area (Å²) in [4.78, 5) is 4.34. The second-order valence-electron chi connectivity index (χ2n) is 4.14. The highest BCUT2D eigenvalue weighted by Crippen LogP contribution is 2.27. The molecule has 0 radical (unpaired) electrons. The minimum atomic E-state index is 0.404. The van der Waals surface area contributed by atoms with Crippen molar-refractivity contribution < 1.29 is 0 Å². The number of pyridine rings is 1. The molecule has 0 aliphatic heterocycles. The minimum Gasteiger partial charge on any atom is -0.264 e. The van der Waals surface area contributed by atoms with Gasteiger partial charge in [0.05, 0.1) is 0 Å². The highest BCUT2D eigenvalue weighted by molar-refractivity contribution is 5.39. The number of hydrogen-bond donors (Lipinski definition) is 0. The predicted octanol–water partition coefficient (Wildman–Crippen LogP) is 3.50. The normalized spacial score (nSPS) is 19.0. The van der Waals surface area contributed by atoms with Crippen LogP contribution in [0.1, 0.15) is 23.0 Å². The SMILES string of the molecule is C1=CC(c2cncc(C3C=CC=C3)c2)C=C1. The third-order valence-corrected chi connectivity index (χ3v) is 3.05. The largest absolute Gasteiger partial charge is 0.264 e. The monoisotopic (exact) mass is 207 g/mol. The van der Waals surface area contributed by atoms with E-state index in [2.05, 4.69) is 59.7 Å². The molecule has 0 amide bonds. The summed E-state index contributed by atoms with van der Waals surface area (Å²) in [6.45, 7) is 0. The van der Waals surface area contributed by atoms with Crippen molar-refractivity contribution in [3.63, 3.8) is 0 Å². The Labute approximate surface area is 95.5 Å². The zero-order chi connectivity index (χ0) is 10.8. The van der Waals surface area contributed by atoms with E-state index in [9.17, 15) is 0 Å². The molecule has 1 aromatic rings. The van der Waals surface area contributed by atoms with Gasteiger partial charge in [-0.25, -0.2) is 0 Å². The van der Waals surface area contributed by atoms with E-state index in [0.717, 1.165) is 0 Å². The Morgan fingerprint density at radius 3 is 1.56 bits per heavy atom. The van der Waals surface area contributed by atoms with E-state index in [-0.39, 0.29) is 0 Å². The van der Waals surface area contributed by atoms with Gasteiger partial charge < -0.3 is 0 Å². The maximum absolute atomic E-state index is 4.34. The fraction of sp³-hybridized carbons (Fsp3) is 0.133. The molecule has 1 nitrogen and oxygen atoms in total. The summed E-state index contributed by atoms with van der Waals surface area (Å²) in [7, 11) is 0. The van der Waals surface area contributed by atoms with E-state index in [0.29, 0.717) is 11.8 Å². The van der Waals surface area contributed by atoms with Crippen molar-refractivity contribution in [3.8, 4) is 0 Å². The second kappa shape index (κ2) is 3.93. The summed E-state index contributed by atoms with van der Waals surface area (Å²) in [5.74, 6) is 0.809. The van der Waals surface area contributed by atoms with Gasteiger partial charge in [-0.2, -0.15) is 0 Å².